The lowest BCUT2D eigenvalue weighted by atomic mass is 10.1. The van der Waals surface area contributed by atoms with Crippen molar-refractivity contribution in [3.63, 3.8) is 0 Å². The summed E-state index contributed by atoms with van der Waals surface area (Å²) >= 11 is 0. The molecule has 0 fully saturated rings. The molecule has 0 spiro atoms. The van der Waals surface area contributed by atoms with Crippen LogP contribution in [0, 0.1) is 0 Å². The summed E-state index contributed by atoms with van der Waals surface area (Å²) in [6, 6.07) is 12.5. The van der Waals surface area contributed by atoms with Gasteiger partial charge in [-0.3, -0.25) is 4.79 Å². The molecule has 0 bridgehead atoms. The summed E-state index contributed by atoms with van der Waals surface area (Å²) < 4.78 is 5.33. The molecule has 2 aromatic rings. The molecule has 0 saturated carbocycles. The van der Waals surface area contributed by atoms with Crippen LogP contribution >= 0.6 is 0 Å². The van der Waals surface area contributed by atoms with E-state index in [9.17, 15) is 9.90 Å². The first kappa shape index (κ1) is 15.7. The fourth-order valence-electron chi connectivity index (χ4n) is 2.51. The van der Waals surface area contributed by atoms with Gasteiger partial charge in [0.15, 0.2) is 17.2 Å². The lowest BCUT2D eigenvalue weighted by Crippen LogP contribution is -2.25. The zero-order chi connectivity index (χ0) is 17.1. The van der Waals surface area contributed by atoms with Crippen molar-refractivity contribution >= 4 is 23.5 Å². The zero-order valence-electron chi connectivity index (χ0n) is 13.4. The Bertz CT molecular complexity index is 843. The average molecular weight is 323 g/mol. The molecule has 6 nitrogen and oxygen atoms in total. The van der Waals surface area contributed by atoms with E-state index in [2.05, 4.69) is 10.2 Å². The summed E-state index contributed by atoms with van der Waals surface area (Å²) in [6.07, 6.45) is 1.40. The number of anilines is 1. The number of fused-ring (bicyclic) bond motifs is 1. The first-order chi connectivity index (χ1) is 11.6. The first-order valence-electron chi connectivity index (χ1n) is 7.56. The summed E-state index contributed by atoms with van der Waals surface area (Å²) in [5.74, 6) is 0.176. The second kappa shape index (κ2) is 6.54. The lowest BCUT2D eigenvalue weighted by Gasteiger charge is -2.07. The highest BCUT2D eigenvalue weighted by molar-refractivity contribution is 6.54. The molecule has 1 heterocycles. The quantitative estimate of drug-likeness (QED) is 0.694. The van der Waals surface area contributed by atoms with Gasteiger partial charge in [0.25, 0.3) is 5.91 Å². The number of benzene rings is 2. The molecule has 0 radical (unpaired) electrons. The number of hydrogen-bond acceptors (Lipinski definition) is 5. The lowest BCUT2D eigenvalue weighted by molar-refractivity contribution is -0.111. The molecule has 1 aliphatic heterocycles. The van der Waals surface area contributed by atoms with Crippen molar-refractivity contribution in [1.29, 1.82) is 0 Å². The second-order valence-electron chi connectivity index (χ2n) is 5.20. The van der Waals surface area contributed by atoms with Crippen molar-refractivity contribution < 1.29 is 14.6 Å². The Labute approximate surface area is 139 Å². The second-order valence-corrected chi connectivity index (χ2v) is 5.20. The minimum Gasteiger partial charge on any atom is -0.504 e. The number of hydrogen-bond donors (Lipinski definition) is 1. The largest absolute Gasteiger partial charge is 0.504 e. The van der Waals surface area contributed by atoms with Crippen LogP contribution in [-0.4, -0.2) is 36.6 Å². The molecule has 0 aliphatic carbocycles. The van der Waals surface area contributed by atoms with Crippen LogP contribution in [0.15, 0.2) is 52.7 Å². The number of aromatic hydroxyl groups is 1. The maximum absolute atomic E-state index is 12.3. The number of ether oxygens (including phenoxy) is 1. The van der Waals surface area contributed by atoms with Gasteiger partial charge in [0.05, 0.1) is 18.5 Å². The SMILES string of the molecule is CCOc1cccc(/C=N/N=C2\C(=O)N(C)c3ccccc32)c1O. The molecule has 1 aliphatic rings. The Morgan fingerprint density at radius 2 is 2.00 bits per heavy atom. The Balaban J connectivity index is 1.90. The van der Waals surface area contributed by atoms with Crippen LogP contribution in [0.2, 0.25) is 0 Å². The molecule has 24 heavy (non-hydrogen) atoms. The van der Waals surface area contributed by atoms with Gasteiger partial charge in [0, 0.05) is 18.2 Å². The van der Waals surface area contributed by atoms with E-state index >= 15 is 0 Å². The van der Waals surface area contributed by atoms with Crippen LogP contribution in [-0.2, 0) is 4.79 Å². The summed E-state index contributed by atoms with van der Waals surface area (Å²) in [4.78, 5) is 13.8. The number of amides is 1. The predicted octanol–water partition coefficient (Wildman–Crippen LogP) is 2.59. The standard InChI is InChI=1S/C18H17N3O3/c1-3-24-15-10-6-7-12(17(15)22)11-19-20-16-13-8-4-5-9-14(13)21(2)18(16)23/h4-11,22H,3H2,1-2H3/b19-11+,20-16-. The number of nitrogens with zero attached hydrogens (tertiary/aromatic N) is 3. The van der Waals surface area contributed by atoms with Gasteiger partial charge in [-0.15, -0.1) is 5.10 Å². The van der Waals surface area contributed by atoms with Crippen LogP contribution in [0.4, 0.5) is 5.69 Å². The maximum atomic E-state index is 12.3. The average Bonchev–Trinajstić information content (AvgIpc) is 2.83. The van der Waals surface area contributed by atoms with Crippen molar-refractivity contribution in [2.75, 3.05) is 18.6 Å². The van der Waals surface area contributed by atoms with Gasteiger partial charge in [-0.1, -0.05) is 24.3 Å². The molecule has 3 rings (SSSR count). The molecule has 0 saturated heterocycles. The number of carbonyl (C=O) groups is 1. The highest BCUT2D eigenvalue weighted by Gasteiger charge is 2.30. The molecule has 122 valence electrons. The van der Waals surface area contributed by atoms with E-state index < -0.39 is 0 Å². The number of para-hydroxylation sites is 2. The monoisotopic (exact) mass is 323 g/mol. The predicted molar refractivity (Wildman–Crippen MR) is 93.3 cm³/mol. The van der Waals surface area contributed by atoms with E-state index in [-0.39, 0.29) is 17.4 Å². The van der Waals surface area contributed by atoms with Gasteiger partial charge < -0.3 is 14.7 Å². The van der Waals surface area contributed by atoms with Crippen LogP contribution < -0.4 is 9.64 Å². The zero-order valence-corrected chi connectivity index (χ0v) is 13.4. The Morgan fingerprint density at radius 1 is 1.21 bits per heavy atom. The summed E-state index contributed by atoms with van der Waals surface area (Å²) in [5.41, 5.74) is 2.30. The number of rotatable bonds is 4. The van der Waals surface area contributed by atoms with Crippen molar-refractivity contribution in [2.45, 2.75) is 6.92 Å². The van der Waals surface area contributed by atoms with E-state index in [1.54, 1.807) is 25.2 Å². The van der Waals surface area contributed by atoms with Crippen molar-refractivity contribution in [1.82, 2.24) is 0 Å². The van der Waals surface area contributed by atoms with Gasteiger partial charge in [-0.05, 0) is 25.1 Å². The third-order valence-corrected chi connectivity index (χ3v) is 3.71. The minimum absolute atomic E-state index is 0.00133. The van der Waals surface area contributed by atoms with Gasteiger partial charge in [0.2, 0.25) is 0 Å². The highest BCUT2D eigenvalue weighted by Crippen LogP contribution is 2.29. The molecule has 0 atom stereocenters. The fourth-order valence-corrected chi connectivity index (χ4v) is 2.51. The van der Waals surface area contributed by atoms with Gasteiger partial charge in [-0.2, -0.15) is 5.10 Å². The first-order valence-corrected chi connectivity index (χ1v) is 7.56. The van der Waals surface area contributed by atoms with Crippen molar-refractivity contribution in [3.05, 3.63) is 53.6 Å². The molecule has 2 aromatic carbocycles. The number of carbonyl (C=O) groups excluding carboxylic acids is 1. The molecule has 0 unspecified atom stereocenters. The Morgan fingerprint density at radius 3 is 2.79 bits per heavy atom. The van der Waals surface area contributed by atoms with Crippen LogP contribution in [0.1, 0.15) is 18.1 Å². The number of phenolic OH excluding ortho intramolecular Hbond substituents is 1. The summed E-state index contributed by atoms with van der Waals surface area (Å²) in [7, 11) is 1.70. The van der Waals surface area contributed by atoms with E-state index in [0.29, 0.717) is 17.9 Å². The third-order valence-electron chi connectivity index (χ3n) is 3.71. The summed E-state index contributed by atoms with van der Waals surface area (Å²) in [5, 5.41) is 18.1. The molecular weight excluding hydrogens is 306 g/mol. The number of likely N-dealkylation sites (N-methyl/N-ethyl adjacent to an activating group) is 1. The van der Waals surface area contributed by atoms with Crippen molar-refractivity contribution in [3.8, 4) is 11.5 Å². The molecule has 1 amide bonds. The molecule has 6 heteroatoms. The molecule has 1 N–H and O–H groups in total. The Hall–Kier alpha value is -3.15. The van der Waals surface area contributed by atoms with E-state index in [4.69, 9.17) is 4.74 Å². The van der Waals surface area contributed by atoms with Crippen LogP contribution in [0.3, 0.4) is 0 Å². The normalized spacial score (nSPS) is 15.3. The van der Waals surface area contributed by atoms with Crippen LogP contribution in [0.5, 0.6) is 11.5 Å². The third kappa shape index (κ3) is 2.74. The topological polar surface area (TPSA) is 74.5 Å². The van der Waals surface area contributed by atoms with E-state index in [1.165, 1.54) is 11.1 Å². The summed E-state index contributed by atoms with van der Waals surface area (Å²) in [6.45, 7) is 2.29. The van der Waals surface area contributed by atoms with Gasteiger partial charge >= 0.3 is 0 Å². The van der Waals surface area contributed by atoms with Gasteiger partial charge in [-0.25, -0.2) is 0 Å². The van der Waals surface area contributed by atoms with E-state index in [0.717, 1.165) is 11.3 Å². The maximum Gasteiger partial charge on any atom is 0.279 e. The highest BCUT2D eigenvalue weighted by atomic mass is 16.5. The van der Waals surface area contributed by atoms with Crippen molar-refractivity contribution in [2.24, 2.45) is 10.2 Å². The Kier molecular flexibility index (Phi) is 4.29. The smallest absolute Gasteiger partial charge is 0.279 e. The minimum atomic E-state index is -0.208. The molecule has 0 aromatic heterocycles. The molecular formula is C18H17N3O3. The number of phenols is 1. The van der Waals surface area contributed by atoms with Gasteiger partial charge in [0.1, 0.15) is 0 Å². The van der Waals surface area contributed by atoms with E-state index in [1.807, 2.05) is 31.2 Å². The van der Waals surface area contributed by atoms with Crippen LogP contribution in [0.25, 0.3) is 0 Å². The fraction of sp³-hybridized carbons (Fsp3) is 0.167.